The summed E-state index contributed by atoms with van der Waals surface area (Å²) in [6.07, 6.45) is 0. The van der Waals surface area contributed by atoms with E-state index < -0.39 is 11.5 Å². The fourth-order valence-electron chi connectivity index (χ4n) is 1.61. The second-order valence-electron chi connectivity index (χ2n) is 3.51. The third-order valence-corrected chi connectivity index (χ3v) is 2.99. The Morgan fingerprint density at radius 1 is 1.11 bits per heavy atom. The van der Waals surface area contributed by atoms with Crippen molar-refractivity contribution in [2.45, 2.75) is 0 Å². The van der Waals surface area contributed by atoms with Crippen molar-refractivity contribution in [1.29, 1.82) is 0 Å². The molecule has 0 saturated heterocycles. The quantitative estimate of drug-likeness (QED) is 0.890. The Morgan fingerprint density at radius 2 is 1.72 bits per heavy atom. The summed E-state index contributed by atoms with van der Waals surface area (Å²) in [5, 5.41) is 9.71. The first-order chi connectivity index (χ1) is 8.50. The first-order valence-electron chi connectivity index (χ1n) is 4.91. The van der Waals surface area contributed by atoms with Crippen LogP contribution in [0.15, 0.2) is 35.1 Å². The largest absolute Gasteiger partial charge is 0.477 e. The number of rotatable bonds is 2. The molecular weight excluding hydrogens is 277 g/mol. The maximum Gasteiger partial charge on any atom is 0.353 e. The highest BCUT2D eigenvalue weighted by Crippen LogP contribution is 2.35. The molecule has 1 aromatic carbocycles. The van der Waals surface area contributed by atoms with E-state index in [1.165, 1.54) is 12.1 Å². The molecule has 0 spiro atoms. The Balaban J connectivity index is 2.79. The lowest BCUT2D eigenvalue weighted by molar-refractivity contribution is 0.0691. The Morgan fingerprint density at radius 3 is 2.28 bits per heavy atom. The molecule has 0 radical (unpaired) electrons. The van der Waals surface area contributed by atoms with E-state index in [-0.39, 0.29) is 11.3 Å². The molecule has 18 heavy (non-hydrogen) atoms. The molecule has 2 N–H and O–H groups in total. The zero-order chi connectivity index (χ0) is 13.3. The highest BCUT2D eigenvalue weighted by atomic mass is 35.5. The van der Waals surface area contributed by atoms with Gasteiger partial charge >= 0.3 is 5.97 Å². The summed E-state index contributed by atoms with van der Waals surface area (Å²) in [7, 11) is 0. The lowest BCUT2D eigenvalue weighted by Gasteiger charge is -2.09. The Labute approximate surface area is 112 Å². The molecule has 2 rings (SSSR count). The number of carbonyl (C=O) groups is 1. The fourth-order valence-corrected chi connectivity index (χ4v) is 2.21. The maximum absolute atomic E-state index is 11.2. The fraction of sp³-hybridized carbons (Fsp3) is 0. The van der Waals surface area contributed by atoms with E-state index in [1.807, 2.05) is 0 Å². The predicted molar refractivity (Wildman–Crippen MR) is 69.5 cm³/mol. The van der Waals surface area contributed by atoms with Crippen LogP contribution in [0.5, 0.6) is 0 Å². The summed E-state index contributed by atoms with van der Waals surface area (Å²) in [6.45, 7) is 0. The number of pyridine rings is 1. The van der Waals surface area contributed by atoms with Gasteiger partial charge in [0.05, 0.1) is 0 Å². The van der Waals surface area contributed by atoms with Crippen LogP contribution in [0.4, 0.5) is 0 Å². The second kappa shape index (κ2) is 4.84. The number of carboxylic acid groups (broad SMARTS) is 1. The van der Waals surface area contributed by atoms with Gasteiger partial charge in [-0.15, -0.1) is 0 Å². The van der Waals surface area contributed by atoms with Gasteiger partial charge in [0.1, 0.15) is 5.69 Å². The molecule has 0 bridgehead atoms. The lowest BCUT2D eigenvalue weighted by atomic mass is 10.0. The Kier molecular flexibility index (Phi) is 3.41. The third kappa shape index (κ3) is 2.25. The van der Waals surface area contributed by atoms with Gasteiger partial charge in [0, 0.05) is 27.2 Å². The third-order valence-electron chi connectivity index (χ3n) is 2.36. The number of aromatic amines is 1. The van der Waals surface area contributed by atoms with Gasteiger partial charge in [-0.2, -0.15) is 0 Å². The number of benzene rings is 1. The minimum Gasteiger partial charge on any atom is -0.477 e. The van der Waals surface area contributed by atoms with Crippen LogP contribution in [0.3, 0.4) is 0 Å². The first kappa shape index (κ1) is 12.7. The predicted octanol–water partition coefficient (Wildman–Crippen LogP) is 3.05. The van der Waals surface area contributed by atoms with Gasteiger partial charge in [-0.25, -0.2) is 4.79 Å². The number of halogens is 2. The van der Waals surface area contributed by atoms with Crippen LogP contribution in [0.2, 0.25) is 10.0 Å². The van der Waals surface area contributed by atoms with Crippen LogP contribution in [-0.4, -0.2) is 16.1 Å². The maximum atomic E-state index is 11.2. The van der Waals surface area contributed by atoms with Crippen molar-refractivity contribution in [3.8, 4) is 11.1 Å². The molecule has 0 aliphatic carbocycles. The smallest absolute Gasteiger partial charge is 0.353 e. The van der Waals surface area contributed by atoms with Crippen molar-refractivity contribution < 1.29 is 9.90 Å². The number of aromatic nitrogens is 1. The number of nitrogens with one attached hydrogen (secondary N) is 1. The van der Waals surface area contributed by atoms with E-state index in [9.17, 15) is 9.59 Å². The summed E-state index contributed by atoms with van der Waals surface area (Å²) < 4.78 is 0. The van der Waals surface area contributed by atoms with E-state index in [0.29, 0.717) is 15.6 Å². The van der Waals surface area contributed by atoms with Crippen LogP contribution in [0, 0.1) is 0 Å². The normalized spacial score (nSPS) is 10.3. The second-order valence-corrected chi connectivity index (χ2v) is 4.33. The molecule has 1 heterocycles. The highest BCUT2D eigenvalue weighted by molar-refractivity contribution is 6.39. The van der Waals surface area contributed by atoms with Crippen molar-refractivity contribution >= 4 is 29.2 Å². The lowest BCUT2D eigenvalue weighted by Crippen LogP contribution is -2.13. The van der Waals surface area contributed by atoms with Crippen LogP contribution in [-0.2, 0) is 0 Å². The highest BCUT2D eigenvalue weighted by Gasteiger charge is 2.17. The first-order valence-corrected chi connectivity index (χ1v) is 5.67. The van der Waals surface area contributed by atoms with Crippen molar-refractivity contribution in [3.05, 3.63) is 56.4 Å². The van der Waals surface area contributed by atoms with Crippen molar-refractivity contribution in [2.24, 2.45) is 0 Å². The number of aromatic carboxylic acids is 1. The summed E-state index contributed by atoms with van der Waals surface area (Å²) in [5.74, 6) is -1.25. The summed E-state index contributed by atoms with van der Waals surface area (Å²) >= 11 is 12.0. The Hall–Kier alpha value is -1.78. The standard InChI is InChI=1S/C12H7Cl2NO3/c13-7-2-1-3-8(14)10(7)6-4-5-9(16)15-11(6)12(17)18/h1-5H,(H,15,16)(H,17,18). The van der Waals surface area contributed by atoms with Crippen LogP contribution >= 0.6 is 23.2 Å². The zero-order valence-corrected chi connectivity index (χ0v) is 10.4. The van der Waals surface area contributed by atoms with Gasteiger partial charge < -0.3 is 10.1 Å². The molecule has 0 aliphatic rings. The van der Waals surface area contributed by atoms with Crippen molar-refractivity contribution in [2.75, 3.05) is 0 Å². The molecule has 4 nitrogen and oxygen atoms in total. The van der Waals surface area contributed by atoms with Crippen molar-refractivity contribution in [3.63, 3.8) is 0 Å². The van der Waals surface area contributed by atoms with Gasteiger partial charge in [-0.05, 0) is 18.2 Å². The van der Waals surface area contributed by atoms with Gasteiger partial charge in [-0.3, -0.25) is 4.79 Å². The Bertz CT molecular complexity index is 659. The van der Waals surface area contributed by atoms with Crippen molar-refractivity contribution in [1.82, 2.24) is 4.98 Å². The van der Waals surface area contributed by atoms with E-state index >= 15 is 0 Å². The average Bonchev–Trinajstić information content (AvgIpc) is 2.30. The number of hydrogen-bond donors (Lipinski definition) is 2. The number of hydrogen-bond acceptors (Lipinski definition) is 2. The summed E-state index contributed by atoms with van der Waals surface area (Å²) in [5.41, 5.74) is -0.0796. The molecule has 0 unspecified atom stereocenters. The van der Waals surface area contributed by atoms with Crippen LogP contribution in [0.1, 0.15) is 10.5 Å². The van der Waals surface area contributed by atoms with E-state index in [4.69, 9.17) is 28.3 Å². The molecule has 6 heteroatoms. The molecule has 92 valence electrons. The molecule has 2 aromatic rings. The summed E-state index contributed by atoms with van der Waals surface area (Å²) in [4.78, 5) is 24.5. The van der Waals surface area contributed by atoms with E-state index in [0.717, 1.165) is 0 Å². The van der Waals surface area contributed by atoms with Gasteiger partial charge in [0.2, 0.25) is 5.56 Å². The average molecular weight is 284 g/mol. The van der Waals surface area contributed by atoms with E-state index in [1.54, 1.807) is 18.2 Å². The van der Waals surface area contributed by atoms with Gasteiger partial charge in [-0.1, -0.05) is 29.3 Å². The molecule has 0 amide bonds. The summed E-state index contributed by atoms with van der Waals surface area (Å²) in [6, 6.07) is 7.45. The van der Waals surface area contributed by atoms with Gasteiger partial charge in [0.15, 0.2) is 0 Å². The van der Waals surface area contributed by atoms with Gasteiger partial charge in [0.25, 0.3) is 0 Å². The van der Waals surface area contributed by atoms with Crippen LogP contribution < -0.4 is 5.56 Å². The molecule has 0 aliphatic heterocycles. The zero-order valence-electron chi connectivity index (χ0n) is 8.91. The SMILES string of the molecule is O=C(O)c1[nH]c(=O)ccc1-c1c(Cl)cccc1Cl. The minimum absolute atomic E-state index is 0.238. The topological polar surface area (TPSA) is 70.2 Å². The number of carboxylic acids is 1. The molecule has 0 saturated carbocycles. The number of H-pyrrole nitrogens is 1. The molecular formula is C12H7Cl2NO3. The molecule has 0 atom stereocenters. The minimum atomic E-state index is -1.25. The molecule has 1 aromatic heterocycles. The van der Waals surface area contributed by atoms with Crippen LogP contribution in [0.25, 0.3) is 11.1 Å². The van der Waals surface area contributed by atoms with E-state index in [2.05, 4.69) is 4.98 Å². The molecule has 0 fully saturated rings. The monoisotopic (exact) mass is 283 g/mol.